The lowest BCUT2D eigenvalue weighted by Gasteiger charge is -2.34. The van der Waals surface area contributed by atoms with Crippen LogP contribution in [0.3, 0.4) is 0 Å². The summed E-state index contributed by atoms with van der Waals surface area (Å²) in [4.78, 5) is 21.0. The first-order chi connectivity index (χ1) is 13.2. The van der Waals surface area contributed by atoms with Crippen LogP contribution in [0.5, 0.6) is 0 Å². The van der Waals surface area contributed by atoms with Gasteiger partial charge in [0.05, 0.1) is 0 Å². The van der Waals surface area contributed by atoms with E-state index >= 15 is 0 Å². The topological polar surface area (TPSA) is 61.4 Å². The maximum atomic E-state index is 12.4. The van der Waals surface area contributed by atoms with Crippen molar-refractivity contribution in [2.75, 3.05) is 36.4 Å². The molecule has 1 aliphatic rings. The summed E-state index contributed by atoms with van der Waals surface area (Å²) in [5.41, 5.74) is 1.75. The second-order valence-electron chi connectivity index (χ2n) is 6.18. The van der Waals surface area contributed by atoms with Gasteiger partial charge in [-0.05, 0) is 36.4 Å². The van der Waals surface area contributed by atoms with Crippen molar-refractivity contribution >= 4 is 40.0 Å². The fourth-order valence-corrected chi connectivity index (χ4v) is 3.75. The molecular weight excluding hydrogens is 382 g/mol. The number of anilines is 2. The van der Waals surface area contributed by atoms with Crippen LogP contribution in [0, 0.1) is 0 Å². The predicted molar refractivity (Wildman–Crippen MR) is 110 cm³/mol. The van der Waals surface area contributed by atoms with Gasteiger partial charge in [0.15, 0.2) is 5.82 Å². The third-order valence-corrected chi connectivity index (χ3v) is 5.41. The van der Waals surface area contributed by atoms with E-state index < -0.39 is 0 Å². The number of benzene rings is 2. The average molecular weight is 400 g/mol. The van der Waals surface area contributed by atoms with E-state index in [-0.39, 0.29) is 6.03 Å². The minimum absolute atomic E-state index is 0.0695. The lowest BCUT2D eigenvalue weighted by atomic mass is 10.2. The molecule has 0 aliphatic carbocycles. The minimum atomic E-state index is -0.0695. The number of para-hydroxylation sites is 1. The van der Waals surface area contributed by atoms with Crippen molar-refractivity contribution in [1.82, 2.24) is 14.3 Å². The summed E-state index contributed by atoms with van der Waals surface area (Å²) < 4.78 is 4.45. The minimum Gasteiger partial charge on any atom is -0.343 e. The van der Waals surface area contributed by atoms with Gasteiger partial charge in [0, 0.05) is 54.0 Å². The zero-order valence-electron chi connectivity index (χ0n) is 14.5. The first-order valence-corrected chi connectivity index (χ1v) is 9.80. The van der Waals surface area contributed by atoms with Crippen LogP contribution in [0.15, 0.2) is 54.6 Å². The molecule has 6 nitrogen and oxygen atoms in total. The van der Waals surface area contributed by atoms with Crippen LogP contribution in [-0.2, 0) is 0 Å². The van der Waals surface area contributed by atoms with E-state index in [1.165, 1.54) is 11.5 Å². The summed E-state index contributed by atoms with van der Waals surface area (Å²) >= 11 is 7.31. The highest BCUT2D eigenvalue weighted by atomic mass is 35.5. The van der Waals surface area contributed by atoms with Crippen LogP contribution in [0.2, 0.25) is 5.02 Å². The molecule has 1 aliphatic heterocycles. The van der Waals surface area contributed by atoms with E-state index in [0.29, 0.717) is 23.9 Å². The Morgan fingerprint density at radius 1 is 1.00 bits per heavy atom. The average Bonchev–Trinajstić information content (AvgIpc) is 3.20. The number of urea groups is 1. The molecule has 1 fully saturated rings. The Morgan fingerprint density at radius 3 is 2.41 bits per heavy atom. The van der Waals surface area contributed by atoms with Crippen LogP contribution in [0.25, 0.3) is 11.4 Å². The van der Waals surface area contributed by atoms with Crippen molar-refractivity contribution < 1.29 is 4.79 Å². The molecule has 2 amide bonds. The molecule has 0 radical (unpaired) electrons. The monoisotopic (exact) mass is 399 g/mol. The number of carbonyl (C=O) groups excluding carboxylic acids is 1. The number of aromatic nitrogens is 2. The summed E-state index contributed by atoms with van der Waals surface area (Å²) in [6.07, 6.45) is 0. The Balaban J connectivity index is 1.35. The van der Waals surface area contributed by atoms with E-state index in [1.54, 1.807) is 0 Å². The molecule has 2 heterocycles. The van der Waals surface area contributed by atoms with Gasteiger partial charge in [-0.25, -0.2) is 4.79 Å². The quantitative estimate of drug-likeness (QED) is 0.716. The first kappa shape index (κ1) is 17.8. The van der Waals surface area contributed by atoms with Crippen molar-refractivity contribution in [2.45, 2.75) is 0 Å². The molecule has 1 aromatic heterocycles. The molecule has 0 atom stereocenters. The number of hydrogen-bond donors (Lipinski definition) is 1. The highest BCUT2D eigenvalue weighted by molar-refractivity contribution is 7.09. The third kappa shape index (κ3) is 4.20. The first-order valence-electron chi connectivity index (χ1n) is 8.64. The van der Waals surface area contributed by atoms with Crippen LogP contribution < -0.4 is 10.2 Å². The Labute approximate surface area is 166 Å². The maximum Gasteiger partial charge on any atom is 0.321 e. The number of piperazine rings is 1. The summed E-state index contributed by atoms with van der Waals surface area (Å²) in [5.74, 6) is 0.705. The normalized spacial score (nSPS) is 14.3. The molecule has 1 N–H and O–H groups in total. The summed E-state index contributed by atoms with van der Waals surface area (Å²) in [6.45, 7) is 2.76. The van der Waals surface area contributed by atoms with E-state index in [2.05, 4.69) is 19.6 Å². The lowest BCUT2D eigenvalue weighted by molar-refractivity contribution is 0.208. The molecule has 2 aromatic carbocycles. The molecule has 4 rings (SSSR count). The summed E-state index contributed by atoms with van der Waals surface area (Å²) in [6, 6.07) is 16.9. The smallest absolute Gasteiger partial charge is 0.321 e. The maximum absolute atomic E-state index is 12.4. The van der Waals surface area contributed by atoms with E-state index in [1.807, 2.05) is 59.5 Å². The molecule has 138 valence electrons. The van der Waals surface area contributed by atoms with Gasteiger partial charge < -0.3 is 15.1 Å². The molecule has 0 bridgehead atoms. The van der Waals surface area contributed by atoms with Crippen molar-refractivity contribution in [3.05, 3.63) is 59.6 Å². The van der Waals surface area contributed by atoms with Gasteiger partial charge in [0.2, 0.25) is 5.13 Å². The number of rotatable bonds is 3. The van der Waals surface area contributed by atoms with Gasteiger partial charge in [-0.15, -0.1) is 0 Å². The van der Waals surface area contributed by atoms with Gasteiger partial charge in [0.25, 0.3) is 0 Å². The second-order valence-corrected chi connectivity index (χ2v) is 7.34. The molecule has 0 spiro atoms. The van der Waals surface area contributed by atoms with Crippen molar-refractivity contribution in [3.8, 4) is 11.4 Å². The SMILES string of the molecule is O=C(Nc1ccccc1)N1CCN(c2nc(-c3ccc(Cl)cc3)ns2)CC1. The molecular formula is C19H18ClN5OS. The van der Waals surface area contributed by atoms with Gasteiger partial charge >= 0.3 is 6.03 Å². The van der Waals surface area contributed by atoms with E-state index in [9.17, 15) is 4.79 Å². The van der Waals surface area contributed by atoms with Crippen molar-refractivity contribution in [3.63, 3.8) is 0 Å². The number of nitrogens with one attached hydrogen (secondary N) is 1. The predicted octanol–water partition coefficient (Wildman–Crippen LogP) is 4.21. The fourth-order valence-electron chi connectivity index (χ4n) is 2.88. The van der Waals surface area contributed by atoms with Crippen molar-refractivity contribution in [2.24, 2.45) is 0 Å². The fraction of sp³-hybridized carbons (Fsp3) is 0.211. The zero-order valence-corrected chi connectivity index (χ0v) is 16.1. The highest BCUT2D eigenvalue weighted by Crippen LogP contribution is 2.25. The Kier molecular flexibility index (Phi) is 5.22. The van der Waals surface area contributed by atoms with Gasteiger partial charge in [-0.1, -0.05) is 29.8 Å². The number of nitrogens with zero attached hydrogens (tertiary/aromatic N) is 4. The molecule has 27 heavy (non-hydrogen) atoms. The van der Waals surface area contributed by atoms with Crippen LogP contribution in [0.4, 0.5) is 15.6 Å². The van der Waals surface area contributed by atoms with Crippen LogP contribution >= 0.6 is 23.1 Å². The van der Waals surface area contributed by atoms with E-state index in [4.69, 9.17) is 11.6 Å². The van der Waals surface area contributed by atoms with Gasteiger partial charge in [0.1, 0.15) is 0 Å². The summed E-state index contributed by atoms with van der Waals surface area (Å²) in [5, 5.41) is 4.50. The number of hydrogen-bond acceptors (Lipinski definition) is 5. The van der Waals surface area contributed by atoms with E-state index in [0.717, 1.165) is 29.5 Å². The zero-order chi connectivity index (χ0) is 18.6. The third-order valence-electron chi connectivity index (χ3n) is 4.38. The summed E-state index contributed by atoms with van der Waals surface area (Å²) in [7, 11) is 0. The van der Waals surface area contributed by atoms with Crippen molar-refractivity contribution in [1.29, 1.82) is 0 Å². The number of carbonyl (C=O) groups is 1. The van der Waals surface area contributed by atoms with Gasteiger partial charge in [-0.3, -0.25) is 0 Å². The Morgan fingerprint density at radius 2 is 1.70 bits per heavy atom. The number of halogens is 1. The molecule has 0 saturated carbocycles. The Bertz CT molecular complexity index is 907. The largest absolute Gasteiger partial charge is 0.343 e. The lowest BCUT2D eigenvalue weighted by Crippen LogP contribution is -2.50. The standard InChI is InChI=1S/C19H18ClN5OS/c20-15-8-6-14(7-9-15)17-22-19(27-23-17)25-12-10-24(11-13-25)18(26)21-16-4-2-1-3-5-16/h1-9H,10-13H2,(H,21,26). The molecule has 8 heteroatoms. The second kappa shape index (κ2) is 7.94. The van der Waals surface area contributed by atoms with Crippen LogP contribution in [-0.4, -0.2) is 46.5 Å². The molecule has 3 aromatic rings. The van der Waals surface area contributed by atoms with Crippen LogP contribution in [0.1, 0.15) is 0 Å². The number of amides is 2. The molecule has 1 saturated heterocycles. The molecule has 0 unspecified atom stereocenters. The van der Waals surface area contributed by atoms with Gasteiger partial charge in [-0.2, -0.15) is 9.36 Å². The Hall–Kier alpha value is -2.64. The highest BCUT2D eigenvalue weighted by Gasteiger charge is 2.23.